The largest absolute Gasteiger partial charge is 0.485 e. The Morgan fingerprint density at radius 3 is 2.85 bits per heavy atom. The summed E-state index contributed by atoms with van der Waals surface area (Å²) in [5.41, 5.74) is 0.449. The molecular weight excluding hydrogens is 266 g/mol. The number of hydrogen-bond acceptors (Lipinski definition) is 3. The third-order valence-corrected chi connectivity index (χ3v) is 2.82. The highest BCUT2D eigenvalue weighted by molar-refractivity contribution is 5.98. The Kier molecular flexibility index (Phi) is 4.45. The first-order valence-electron chi connectivity index (χ1n) is 6.18. The maximum atomic E-state index is 12.7. The van der Waals surface area contributed by atoms with Gasteiger partial charge in [-0.05, 0) is 12.1 Å². The summed E-state index contributed by atoms with van der Waals surface area (Å²) in [7, 11) is 0. The van der Waals surface area contributed by atoms with Crippen molar-refractivity contribution in [3.8, 4) is 5.75 Å². The summed E-state index contributed by atoms with van der Waals surface area (Å²) in [6, 6.07) is 6.75. The fourth-order valence-corrected chi connectivity index (χ4v) is 1.79. The first-order chi connectivity index (χ1) is 9.63. The van der Waals surface area contributed by atoms with Gasteiger partial charge in [-0.25, -0.2) is 4.98 Å². The molecule has 0 unspecified atom stereocenters. The first-order valence-corrected chi connectivity index (χ1v) is 6.18. The molecule has 20 heavy (non-hydrogen) atoms. The number of halogens is 2. The summed E-state index contributed by atoms with van der Waals surface area (Å²) < 4.78 is 31.5. The van der Waals surface area contributed by atoms with Gasteiger partial charge in [-0.2, -0.15) is 8.78 Å². The number of hydrogen-bond donors (Lipinski definition) is 0. The van der Waals surface area contributed by atoms with E-state index < -0.39 is 6.55 Å². The SMILES string of the molecule is CCC(=O)c1ccccc1OCc1nccn1C(F)F. The van der Waals surface area contributed by atoms with Gasteiger partial charge >= 0.3 is 6.55 Å². The Hall–Kier alpha value is -2.24. The van der Waals surface area contributed by atoms with Crippen molar-refractivity contribution in [1.82, 2.24) is 9.55 Å². The molecule has 1 heterocycles. The van der Waals surface area contributed by atoms with Crippen LogP contribution in [0.4, 0.5) is 8.78 Å². The molecule has 106 valence electrons. The predicted molar refractivity (Wildman–Crippen MR) is 68.9 cm³/mol. The number of alkyl halides is 2. The third-order valence-electron chi connectivity index (χ3n) is 2.82. The molecule has 0 aliphatic carbocycles. The fourth-order valence-electron chi connectivity index (χ4n) is 1.79. The fraction of sp³-hybridized carbons (Fsp3) is 0.286. The van der Waals surface area contributed by atoms with Crippen LogP contribution in [0.25, 0.3) is 0 Å². The number of carbonyl (C=O) groups excluding carboxylic acids is 1. The highest BCUT2D eigenvalue weighted by Crippen LogP contribution is 2.21. The second kappa shape index (κ2) is 6.27. The van der Waals surface area contributed by atoms with Crippen LogP contribution in [-0.2, 0) is 6.61 Å². The minimum absolute atomic E-state index is 0.0576. The Morgan fingerprint density at radius 2 is 2.15 bits per heavy atom. The molecule has 1 aromatic heterocycles. The molecule has 0 radical (unpaired) electrons. The number of nitrogens with zero attached hydrogens (tertiary/aromatic N) is 2. The van der Waals surface area contributed by atoms with Gasteiger partial charge in [-0.3, -0.25) is 9.36 Å². The van der Waals surface area contributed by atoms with Gasteiger partial charge in [0.1, 0.15) is 12.4 Å². The molecule has 0 atom stereocenters. The van der Waals surface area contributed by atoms with Crippen molar-refractivity contribution in [3.63, 3.8) is 0 Å². The molecule has 0 fully saturated rings. The van der Waals surface area contributed by atoms with E-state index in [2.05, 4.69) is 4.98 Å². The molecule has 2 rings (SSSR count). The average molecular weight is 280 g/mol. The minimum atomic E-state index is -2.66. The second-order valence-electron chi connectivity index (χ2n) is 4.09. The van der Waals surface area contributed by atoms with E-state index >= 15 is 0 Å². The first kappa shape index (κ1) is 14.2. The van der Waals surface area contributed by atoms with Crippen LogP contribution >= 0.6 is 0 Å². The van der Waals surface area contributed by atoms with Gasteiger partial charge in [-0.15, -0.1) is 0 Å². The summed E-state index contributed by atoms with van der Waals surface area (Å²) in [6.45, 7) is -1.03. The molecule has 2 aromatic rings. The van der Waals surface area contributed by atoms with E-state index in [1.165, 1.54) is 12.4 Å². The van der Waals surface area contributed by atoms with Crippen LogP contribution in [-0.4, -0.2) is 15.3 Å². The van der Waals surface area contributed by atoms with E-state index in [0.29, 0.717) is 17.7 Å². The normalized spacial score (nSPS) is 10.8. The standard InChI is InChI=1S/C14H14F2N2O2/c1-2-11(19)10-5-3-4-6-12(10)20-9-13-17-7-8-18(13)14(15)16/h3-8,14H,2,9H2,1H3. The lowest BCUT2D eigenvalue weighted by molar-refractivity contribution is 0.0631. The van der Waals surface area contributed by atoms with Crippen LogP contribution < -0.4 is 4.74 Å². The van der Waals surface area contributed by atoms with Gasteiger partial charge in [0, 0.05) is 18.8 Å². The van der Waals surface area contributed by atoms with Crippen LogP contribution in [0.15, 0.2) is 36.7 Å². The number of imidazole rings is 1. The van der Waals surface area contributed by atoms with E-state index in [-0.39, 0.29) is 18.2 Å². The Labute approximate surface area is 115 Å². The molecule has 0 aliphatic heterocycles. The molecule has 0 amide bonds. The highest BCUT2D eigenvalue weighted by Gasteiger charge is 2.14. The molecule has 0 N–H and O–H groups in total. The predicted octanol–water partition coefficient (Wildman–Crippen LogP) is 3.45. The summed E-state index contributed by atoms with van der Waals surface area (Å²) >= 11 is 0. The molecular formula is C14H14F2N2O2. The van der Waals surface area contributed by atoms with E-state index in [1.807, 2.05) is 0 Å². The van der Waals surface area contributed by atoms with Gasteiger partial charge in [0.15, 0.2) is 11.6 Å². The van der Waals surface area contributed by atoms with E-state index in [9.17, 15) is 13.6 Å². The number of ketones is 1. The highest BCUT2D eigenvalue weighted by atomic mass is 19.3. The summed E-state index contributed by atoms with van der Waals surface area (Å²) in [5, 5.41) is 0. The lowest BCUT2D eigenvalue weighted by Gasteiger charge is -2.11. The van der Waals surface area contributed by atoms with Gasteiger partial charge in [-0.1, -0.05) is 19.1 Å². The number of aromatic nitrogens is 2. The van der Waals surface area contributed by atoms with E-state index in [4.69, 9.17) is 4.74 Å². The van der Waals surface area contributed by atoms with Crippen molar-refractivity contribution in [2.24, 2.45) is 0 Å². The third kappa shape index (κ3) is 3.01. The topological polar surface area (TPSA) is 44.1 Å². The number of rotatable bonds is 6. The van der Waals surface area contributed by atoms with Crippen LogP contribution in [0.3, 0.4) is 0 Å². The van der Waals surface area contributed by atoms with Crippen molar-refractivity contribution in [1.29, 1.82) is 0 Å². The van der Waals surface area contributed by atoms with Crippen molar-refractivity contribution in [3.05, 3.63) is 48.0 Å². The van der Waals surface area contributed by atoms with Gasteiger partial charge < -0.3 is 4.74 Å². The zero-order chi connectivity index (χ0) is 14.5. The molecule has 0 saturated carbocycles. The minimum Gasteiger partial charge on any atom is -0.485 e. The van der Waals surface area contributed by atoms with Gasteiger partial charge in [0.2, 0.25) is 0 Å². The van der Waals surface area contributed by atoms with E-state index in [1.54, 1.807) is 31.2 Å². The molecule has 0 saturated heterocycles. The van der Waals surface area contributed by atoms with Crippen molar-refractivity contribution >= 4 is 5.78 Å². The monoisotopic (exact) mass is 280 g/mol. The molecule has 0 bridgehead atoms. The summed E-state index contributed by atoms with van der Waals surface area (Å²) in [6.07, 6.45) is 2.83. The number of ether oxygens (including phenoxy) is 1. The lowest BCUT2D eigenvalue weighted by atomic mass is 10.1. The Morgan fingerprint density at radius 1 is 1.40 bits per heavy atom. The van der Waals surface area contributed by atoms with Crippen LogP contribution in [0.5, 0.6) is 5.75 Å². The maximum Gasteiger partial charge on any atom is 0.320 e. The maximum absolute atomic E-state index is 12.7. The molecule has 4 nitrogen and oxygen atoms in total. The second-order valence-corrected chi connectivity index (χ2v) is 4.09. The van der Waals surface area contributed by atoms with Crippen LogP contribution in [0, 0.1) is 0 Å². The Balaban J connectivity index is 2.15. The molecule has 0 spiro atoms. The summed E-state index contributed by atoms with van der Waals surface area (Å²) in [5.74, 6) is 0.430. The molecule has 6 heteroatoms. The quantitative estimate of drug-likeness (QED) is 0.761. The lowest BCUT2D eigenvalue weighted by Crippen LogP contribution is -2.09. The zero-order valence-corrected chi connectivity index (χ0v) is 10.9. The Bertz CT molecular complexity index is 596. The van der Waals surface area contributed by atoms with Crippen molar-refractivity contribution < 1.29 is 18.3 Å². The van der Waals surface area contributed by atoms with Crippen LogP contribution in [0.2, 0.25) is 0 Å². The number of carbonyl (C=O) groups is 1. The van der Waals surface area contributed by atoms with Crippen LogP contribution in [0.1, 0.15) is 36.1 Å². The molecule has 1 aromatic carbocycles. The molecule has 0 aliphatic rings. The number of Topliss-reactive ketones (excluding diaryl/α,β-unsaturated/α-hetero) is 1. The smallest absolute Gasteiger partial charge is 0.320 e. The summed E-state index contributed by atoms with van der Waals surface area (Å²) in [4.78, 5) is 15.6. The van der Waals surface area contributed by atoms with Crippen molar-refractivity contribution in [2.75, 3.05) is 0 Å². The number of benzene rings is 1. The number of para-hydroxylation sites is 1. The van der Waals surface area contributed by atoms with Gasteiger partial charge in [0.05, 0.1) is 5.56 Å². The van der Waals surface area contributed by atoms with E-state index in [0.717, 1.165) is 4.57 Å². The van der Waals surface area contributed by atoms with Crippen molar-refractivity contribution in [2.45, 2.75) is 26.5 Å². The zero-order valence-electron chi connectivity index (χ0n) is 10.9. The average Bonchev–Trinajstić information content (AvgIpc) is 2.93. The van der Waals surface area contributed by atoms with Gasteiger partial charge in [0.25, 0.3) is 0 Å².